The number of fused-ring (bicyclic) bond motifs is 1. The van der Waals surface area contributed by atoms with Gasteiger partial charge in [0.15, 0.2) is 0 Å². The molecular formula is C26H23NO2. The van der Waals surface area contributed by atoms with Gasteiger partial charge in [0.1, 0.15) is 0 Å². The van der Waals surface area contributed by atoms with E-state index in [9.17, 15) is 9.90 Å². The molecule has 4 aromatic rings. The summed E-state index contributed by atoms with van der Waals surface area (Å²) in [5.41, 5.74) is 6.09. The van der Waals surface area contributed by atoms with Gasteiger partial charge in [-0.25, -0.2) is 4.79 Å². The molecule has 0 unspecified atom stereocenters. The van der Waals surface area contributed by atoms with Crippen molar-refractivity contribution in [1.82, 2.24) is 4.57 Å². The third kappa shape index (κ3) is 3.68. The Morgan fingerprint density at radius 1 is 0.931 bits per heavy atom. The van der Waals surface area contributed by atoms with Gasteiger partial charge in [0.25, 0.3) is 0 Å². The van der Waals surface area contributed by atoms with Gasteiger partial charge in [-0.05, 0) is 77.1 Å². The van der Waals surface area contributed by atoms with E-state index < -0.39 is 5.97 Å². The number of nitrogens with zero attached hydrogens (tertiary/aromatic N) is 1. The van der Waals surface area contributed by atoms with Crippen molar-refractivity contribution in [1.29, 1.82) is 0 Å². The van der Waals surface area contributed by atoms with E-state index in [2.05, 4.69) is 65.4 Å². The van der Waals surface area contributed by atoms with E-state index in [4.69, 9.17) is 0 Å². The highest BCUT2D eigenvalue weighted by atomic mass is 16.4. The van der Waals surface area contributed by atoms with Gasteiger partial charge < -0.3 is 9.67 Å². The molecule has 1 aliphatic carbocycles. The maximum absolute atomic E-state index is 11.8. The predicted molar refractivity (Wildman–Crippen MR) is 116 cm³/mol. The van der Waals surface area contributed by atoms with Crippen LogP contribution in [-0.4, -0.2) is 15.6 Å². The number of hydrogen-bond acceptors (Lipinski definition) is 1. The Bertz CT molecular complexity index is 1190. The zero-order chi connectivity index (χ0) is 19.8. The zero-order valence-electron chi connectivity index (χ0n) is 16.2. The first-order valence-corrected chi connectivity index (χ1v) is 10.2. The molecule has 5 rings (SSSR count). The normalized spacial score (nSPS) is 13.7. The van der Waals surface area contributed by atoms with E-state index in [1.54, 1.807) is 0 Å². The third-order valence-corrected chi connectivity index (χ3v) is 5.84. The van der Waals surface area contributed by atoms with Crippen LogP contribution < -0.4 is 0 Å². The van der Waals surface area contributed by atoms with Gasteiger partial charge >= 0.3 is 5.97 Å². The Balaban J connectivity index is 1.42. The van der Waals surface area contributed by atoms with Crippen molar-refractivity contribution >= 4 is 16.9 Å². The minimum atomic E-state index is -0.836. The maximum Gasteiger partial charge on any atom is 0.335 e. The Morgan fingerprint density at radius 3 is 2.52 bits per heavy atom. The fourth-order valence-corrected chi connectivity index (χ4v) is 4.12. The van der Waals surface area contributed by atoms with Gasteiger partial charge in [-0.15, -0.1) is 0 Å². The van der Waals surface area contributed by atoms with Crippen molar-refractivity contribution in [2.75, 3.05) is 0 Å². The molecule has 29 heavy (non-hydrogen) atoms. The topological polar surface area (TPSA) is 42.2 Å². The van der Waals surface area contributed by atoms with Crippen LogP contribution in [0.4, 0.5) is 0 Å². The molecule has 0 atom stereocenters. The third-order valence-electron chi connectivity index (χ3n) is 5.84. The van der Waals surface area contributed by atoms with Crippen LogP contribution in [0.5, 0.6) is 0 Å². The van der Waals surface area contributed by atoms with Crippen LogP contribution in [-0.2, 0) is 13.0 Å². The van der Waals surface area contributed by atoms with E-state index in [1.807, 2.05) is 18.2 Å². The van der Waals surface area contributed by atoms with Crippen molar-refractivity contribution in [3.05, 3.63) is 107 Å². The summed E-state index contributed by atoms with van der Waals surface area (Å²) >= 11 is 0. The van der Waals surface area contributed by atoms with Crippen LogP contribution >= 0.6 is 0 Å². The molecule has 0 spiro atoms. The Kier molecular flexibility index (Phi) is 4.44. The molecule has 3 aromatic carbocycles. The fraction of sp³-hybridized carbons (Fsp3) is 0.192. The average Bonchev–Trinajstić information content (AvgIpc) is 3.51. The summed E-state index contributed by atoms with van der Waals surface area (Å²) in [6, 6.07) is 25.0. The van der Waals surface area contributed by atoms with Crippen LogP contribution in [0, 0.1) is 0 Å². The SMILES string of the molecule is O=C(O)c1cc(C2CC2)ccc1Cc1ccc2c(ccn2Cc2ccccc2)c1. The largest absolute Gasteiger partial charge is 0.478 e. The van der Waals surface area contributed by atoms with Crippen LogP contribution in [0.15, 0.2) is 79.0 Å². The lowest BCUT2D eigenvalue weighted by molar-refractivity contribution is 0.0695. The lowest BCUT2D eigenvalue weighted by Gasteiger charge is -2.10. The number of aromatic nitrogens is 1. The first-order valence-electron chi connectivity index (χ1n) is 10.2. The van der Waals surface area contributed by atoms with Crippen molar-refractivity contribution in [2.24, 2.45) is 0 Å². The van der Waals surface area contributed by atoms with Crippen molar-refractivity contribution in [3.8, 4) is 0 Å². The number of hydrogen-bond donors (Lipinski definition) is 1. The number of carboxylic acids is 1. The minimum absolute atomic E-state index is 0.441. The number of carboxylic acid groups (broad SMARTS) is 1. The molecule has 1 saturated carbocycles. The second kappa shape index (κ2) is 7.25. The molecule has 144 valence electrons. The van der Waals surface area contributed by atoms with Crippen LogP contribution in [0.1, 0.15) is 51.4 Å². The molecule has 3 heteroatoms. The van der Waals surface area contributed by atoms with E-state index >= 15 is 0 Å². The summed E-state index contributed by atoms with van der Waals surface area (Å²) in [4.78, 5) is 11.8. The van der Waals surface area contributed by atoms with Gasteiger partial charge in [0, 0.05) is 18.3 Å². The predicted octanol–water partition coefficient (Wildman–Crippen LogP) is 5.86. The monoisotopic (exact) mass is 381 g/mol. The first-order chi connectivity index (χ1) is 14.2. The van der Waals surface area contributed by atoms with Gasteiger partial charge in [-0.1, -0.05) is 48.5 Å². The van der Waals surface area contributed by atoms with Crippen LogP contribution in [0.3, 0.4) is 0 Å². The van der Waals surface area contributed by atoms with Crippen LogP contribution in [0.2, 0.25) is 0 Å². The molecule has 0 amide bonds. The molecule has 1 aromatic heterocycles. The second-order valence-electron chi connectivity index (χ2n) is 8.00. The summed E-state index contributed by atoms with van der Waals surface area (Å²) in [5.74, 6) is -0.277. The van der Waals surface area contributed by atoms with Gasteiger partial charge in [-0.3, -0.25) is 0 Å². The number of aromatic carboxylic acids is 1. The smallest absolute Gasteiger partial charge is 0.335 e. The molecule has 1 heterocycles. The van der Waals surface area contributed by atoms with Gasteiger partial charge in [-0.2, -0.15) is 0 Å². The standard InChI is InChI=1S/C26H23NO2/c28-26(29)24-16-21(20-7-8-20)9-10-22(24)14-19-6-11-25-23(15-19)12-13-27(25)17-18-4-2-1-3-5-18/h1-6,9-13,15-16,20H,7-8,14,17H2,(H,28,29). The Labute approximate surface area is 170 Å². The fourth-order valence-electron chi connectivity index (χ4n) is 4.12. The summed E-state index contributed by atoms with van der Waals surface area (Å²) in [6.45, 7) is 0.843. The van der Waals surface area contributed by atoms with Crippen molar-refractivity contribution in [3.63, 3.8) is 0 Å². The summed E-state index contributed by atoms with van der Waals surface area (Å²) in [5, 5.41) is 10.9. The van der Waals surface area contributed by atoms with E-state index in [1.165, 1.54) is 34.9 Å². The van der Waals surface area contributed by atoms with Crippen molar-refractivity contribution < 1.29 is 9.90 Å². The molecule has 0 bridgehead atoms. The van der Waals surface area contributed by atoms with Crippen LogP contribution in [0.25, 0.3) is 10.9 Å². The Hall–Kier alpha value is -3.33. The second-order valence-corrected chi connectivity index (χ2v) is 8.00. The Morgan fingerprint density at radius 2 is 1.76 bits per heavy atom. The summed E-state index contributed by atoms with van der Waals surface area (Å²) in [6.07, 6.45) is 5.10. The van der Waals surface area contributed by atoms with E-state index in [0.717, 1.165) is 17.7 Å². The molecule has 3 nitrogen and oxygen atoms in total. The van der Waals surface area contributed by atoms with Gasteiger partial charge in [0.05, 0.1) is 5.56 Å². The quantitative estimate of drug-likeness (QED) is 0.455. The zero-order valence-corrected chi connectivity index (χ0v) is 16.2. The van der Waals surface area contributed by atoms with E-state index in [0.29, 0.717) is 17.9 Å². The molecule has 1 fully saturated rings. The summed E-state index contributed by atoms with van der Waals surface area (Å²) < 4.78 is 2.25. The lowest BCUT2D eigenvalue weighted by Crippen LogP contribution is -2.04. The lowest BCUT2D eigenvalue weighted by atomic mass is 9.96. The average molecular weight is 381 g/mol. The van der Waals surface area contributed by atoms with Gasteiger partial charge in [0.2, 0.25) is 0 Å². The first kappa shape index (κ1) is 17.7. The summed E-state index contributed by atoms with van der Waals surface area (Å²) in [7, 11) is 0. The molecule has 0 aliphatic heterocycles. The van der Waals surface area contributed by atoms with Crippen molar-refractivity contribution in [2.45, 2.75) is 31.7 Å². The van der Waals surface area contributed by atoms with E-state index in [-0.39, 0.29) is 0 Å². The number of benzene rings is 3. The highest BCUT2D eigenvalue weighted by molar-refractivity contribution is 5.90. The highest BCUT2D eigenvalue weighted by Crippen LogP contribution is 2.40. The molecule has 0 saturated heterocycles. The molecule has 1 aliphatic rings. The highest BCUT2D eigenvalue weighted by Gasteiger charge is 2.25. The molecular weight excluding hydrogens is 358 g/mol. The number of rotatable bonds is 6. The number of carbonyl (C=O) groups is 1. The molecule has 0 radical (unpaired) electrons. The molecule has 1 N–H and O–H groups in total. The maximum atomic E-state index is 11.8. The minimum Gasteiger partial charge on any atom is -0.478 e.